The lowest BCUT2D eigenvalue weighted by atomic mass is 10.1. The Labute approximate surface area is 180 Å². The molecule has 30 heavy (non-hydrogen) atoms. The predicted octanol–water partition coefficient (Wildman–Crippen LogP) is 5.68. The van der Waals surface area contributed by atoms with Gasteiger partial charge >= 0.3 is 6.09 Å². The fraction of sp³-hybridized carbons (Fsp3) is 0.391. The third-order valence-electron chi connectivity index (χ3n) is 4.90. The Kier molecular flexibility index (Phi) is 6.82. The van der Waals surface area contributed by atoms with Gasteiger partial charge in [0, 0.05) is 23.9 Å². The van der Waals surface area contributed by atoms with Crippen LogP contribution in [0.3, 0.4) is 0 Å². The number of aromatic nitrogens is 1. The van der Waals surface area contributed by atoms with Gasteiger partial charge in [-0.2, -0.15) is 0 Å². The highest BCUT2D eigenvalue weighted by atomic mass is 32.1. The Morgan fingerprint density at radius 2 is 2.03 bits per heavy atom. The summed E-state index contributed by atoms with van der Waals surface area (Å²) in [4.78, 5) is 27.4. The second kappa shape index (κ2) is 9.34. The van der Waals surface area contributed by atoms with E-state index in [1.807, 2.05) is 49.6 Å². The Bertz CT molecular complexity index is 1090. The third kappa shape index (κ3) is 4.36. The van der Waals surface area contributed by atoms with E-state index in [4.69, 9.17) is 4.74 Å². The second-order valence-electron chi connectivity index (χ2n) is 7.74. The fourth-order valence-electron chi connectivity index (χ4n) is 3.42. The molecule has 0 fully saturated rings. The Morgan fingerprint density at radius 3 is 2.63 bits per heavy atom. The molecule has 0 unspecified atom stereocenters. The SMILES string of the molecule is CCCCOc1c(N(C)C(=O)O)n(CC(C)C)c(=O)c2ccc(-c3cccs3)cc12. The number of benzene rings is 1. The Balaban J connectivity index is 2.35. The topological polar surface area (TPSA) is 71.8 Å². The number of carbonyl (C=O) groups is 1. The number of ether oxygens (including phenoxy) is 1. The molecule has 0 aliphatic heterocycles. The van der Waals surface area contributed by atoms with E-state index in [0.717, 1.165) is 28.2 Å². The van der Waals surface area contributed by atoms with Crippen molar-refractivity contribution in [3.63, 3.8) is 0 Å². The molecule has 0 aliphatic rings. The summed E-state index contributed by atoms with van der Waals surface area (Å²) in [6.45, 7) is 6.92. The number of fused-ring (bicyclic) bond motifs is 1. The largest absolute Gasteiger partial charge is 0.489 e. The first-order chi connectivity index (χ1) is 14.3. The van der Waals surface area contributed by atoms with Gasteiger partial charge in [0.25, 0.3) is 5.56 Å². The maximum atomic E-state index is 13.4. The molecule has 1 N–H and O–H groups in total. The molecule has 3 rings (SSSR count). The van der Waals surface area contributed by atoms with Crippen LogP contribution in [-0.4, -0.2) is 29.4 Å². The van der Waals surface area contributed by atoms with Crippen molar-refractivity contribution >= 4 is 34.0 Å². The van der Waals surface area contributed by atoms with Crippen molar-refractivity contribution in [1.29, 1.82) is 0 Å². The lowest BCUT2D eigenvalue weighted by molar-refractivity contribution is 0.202. The van der Waals surface area contributed by atoms with Crippen molar-refractivity contribution < 1.29 is 14.6 Å². The van der Waals surface area contributed by atoms with E-state index in [9.17, 15) is 14.7 Å². The summed E-state index contributed by atoms with van der Waals surface area (Å²) >= 11 is 1.61. The highest BCUT2D eigenvalue weighted by Crippen LogP contribution is 2.37. The molecule has 2 aromatic heterocycles. The van der Waals surface area contributed by atoms with Gasteiger partial charge in [-0.15, -0.1) is 11.3 Å². The van der Waals surface area contributed by atoms with Crippen LogP contribution in [0.5, 0.6) is 5.75 Å². The van der Waals surface area contributed by atoms with E-state index >= 15 is 0 Å². The van der Waals surface area contributed by atoms with Crippen molar-refractivity contribution in [2.75, 3.05) is 18.6 Å². The van der Waals surface area contributed by atoms with Crippen molar-refractivity contribution in [1.82, 2.24) is 4.57 Å². The van der Waals surface area contributed by atoms with E-state index in [0.29, 0.717) is 29.7 Å². The van der Waals surface area contributed by atoms with Gasteiger partial charge in [-0.05, 0) is 41.5 Å². The number of amides is 1. The summed E-state index contributed by atoms with van der Waals surface area (Å²) in [6, 6.07) is 9.69. The maximum Gasteiger partial charge on any atom is 0.412 e. The van der Waals surface area contributed by atoms with Crippen LogP contribution >= 0.6 is 11.3 Å². The summed E-state index contributed by atoms with van der Waals surface area (Å²) in [5.41, 5.74) is 0.769. The third-order valence-corrected chi connectivity index (χ3v) is 5.82. The van der Waals surface area contributed by atoms with Gasteiger partial charge in [0.05, 0.1) is 12.0 Å². The molecular weight excluding hydrogens is 400 g/mol. The van der Waals surface area contributed by atoms with Gasteiger partial charge < -0.3 is 9.84 Å². The summed E-state index contributed by atoms with van der Waals surface area (Å²) in [5, 5.41) is 12.9. The molecule has 160 valence electrons. The van der Waals surface area contributed by atoms with Crippen LogP contribution in [-0.2, 0) is 6.54 Å². The van der Waals surface area contributed by atoms with Crippen molar-refractivity contribution in [2.24, 2.45) is 5.92 Å². The van der Waals surface area contributed by atoms with Crippen molar-refractivity contribution in [3.8, 4) is 16.2 Å². The van der Waals surface area contributed by atoms with Crippen LogP contribution in [0.25, 0.3) is 21.2 Å². The van der Waals surface area contributed by atoms with E-state index in [1.54, 1.807) is 11.3 Å². The molecule has 0 saturated heterocycles. The molecule has 1 aromatic carbocycles. The minimum Gasteiger partial charge on any atom is -0.489 e. The van der Waals surface area contributed by atoms with Gasteiger partial charge in [0.1, 0.15) is 0 Å². The molecule has 0 bridgehead atoms. The number of unbranched alkanes of at least 4 members (excludes halogenated alkanes) is 1. The standard InChI is InChI=1S/C23H28N2O4S/c1-5-6-11-29-20-18-13-16(19-8-7-12-30-19)9-10-17(18)22(26)25(14-15(2)3)21(20)24(4)23(27)28/h7-10,12-13,15H,5-6,11,14H2,1-4H3,(H,27,28). The molecular formula is C23H28N2O4S. The average Bonchev–Trinajstić information content (AvgIpc) is 3.25. The van der Waals surface area contributed by atoms with Gasteiger partial charge in [-0.3, -0.25) is 14.3 Å². The number of rotatable bonds is 8. The normalized spacial score (nSPS) is 11.2. The zero-order chi connectivity index (χ0) is 21.8. The molecule has 3 aromatic rings. The minimum absolute atomic E-state index is 0.162. The molecule has 0 radical (unpaired) electrons. The lowest BCUT2D eigenvalue weighted by Crippen LogP contribution is -2.34. The smallest absolute Gasteiger partial charge is 0.412 e. The number of carboxylic acid groups (broad SMARTS) is 1. The zero-order valence-electron chi connectivity index (χ0n) is 17.8. The first-order valence-electron chi connectivity index (χ1n) is 10.2. The van der Waals surface area contributed by atoms with Crippen molar-refractivity contribution in [3.05, 3.63) is 46.1 Å². The molecule has 0 spiro atoms. The number of hydrogen-bond donors (Lipinski definition) is 1. The van der Waals surface area contributed by atoms with E-state index < -0.39 is 6.09 Å². The summed E-state index contributed by atoms with van der Waals surface area (Å²) in [6.07, 6.45) is 0.653. The molecule has 1 amide bonds. The number of thiophene rings is 1. The first-order valence-corrected chi connectivity index (χ1v) is 11.1. The first kappa shape index (κ1) is 21.9. The number of hydrogen-bond acceptors (Lipinski definition) is 4. The van der Waals surface area contributed by atoms with Crippen LogP contribution in [0.2, 0.25) is 0 Å². The average molecular weight is 429 g/mol. The molecule has 6 nitrogen and oxygen atoms in total. The number of anilines is 1. The lowest BCUT2D eigenvalue weighted by Gasteiger charge is -2.25. The summed E-state index contributed by atoms with van der Waals surface area (Å²) < 4.78 is 7.69. The quantitative estimate of drug-likeness (QED) is 0.469. The maximum absolute atomic E-state index is 13.4. The van der Waals surface area contributed by atoms with Gasteiger partial charge in [-0.1, -0.05) is 39.3 Å². The van der Waals surface area contributed by atoms with Crippen LogP contribution < -0.4 is 15.2 Å². The highest BCUT2D eigenvalue weighted by Gasteiger charge is 2.25. The fourth-order valence-corrected chi connectivity index (χ4v) is 4.14. The van der Waals surface area contributed by atoms with E-state index in [1.165, 1.54) is 11.6 Å². The second-order valence-corrected chi connectivity index (χ2v) is 8.69. The van der Waals surface area contributed by atoms with Gasteiger partial charge in [0.15, 0.2) is 11.6 Å². The molecule has 2 heterocycles. The summed E-state index contributed by atoms with van der Waals surface area (Å²) in [5.74, 6) is 0.894. The predicted molar refractivity (Wildman–Crippen MR) is 123 cm³/mol. The van der Waals surface area contributed by atoms with Gasteiger partial charge in [-0.25, -0.2) is 4.79 Å². The zero-order valence-corrected chi connectivity index (χ0v) is 18.7. The number of nitrogens with zero attached hydrogens (tertiary/aromatic N) is 2. The molecule has 7 heteroatoms. The van der Waals surface area contributed by atoms with Crippen LogP contribution in [0, 0.1) is 5.92 Å². The minimum atomic E-state index is -1.14. The highest BCUT2D eigenvalue weighted by molar-refractivity contribution is 7.13. The molecule has 0 atom stereocenters. The molecule has 0 saturated carbocycles. The molecule has 0 aliphatic carbocycles. The van der Waals surface area contributed by atoms with Gasteiger partial charge in [0.2, 0.25) is 0 Å². The van der Waals surface area contributed by atoms with E-state index in [-0.39, 0.29) is 17.3 Å². The Morgan fingerprint density at radius 1 is 1.27 bits per heavy atom. The van der Waals surface area contributed by atoms with Crippen LogP contribution in [0.4, 0.5) is 10.6 Å². The Hall–Kier alpha value is -2.80. The van der Waals surface area contributed by atoms with Crippen LogP contribution in [0.1, 0.15) is 33.6 Å². The van der Waals surface area contributed by atoms with E-state index in [2.05, 4.69) is 6.92 Å². The monoisotopic (exact) mass is 428 g/mol. The number of pyridine rings is 1. The van der Waals surface area contributed by atoms with Crippen molar-refractivity contribution in [2.45, 2.75) is 40.2 Å². The van der Waals surface area contributed by atoms with Crippen LogP contribution in [0.15, 0.2) is 40.5 Å². The summed E-state index contributed by atoms with van der Waals surface area (Å²) in [7, 11) is 1.45.